The summed E-state index contributed by atoms with van der Waals surface area (Å²) >= 11 is 0. The Morgan fingerprint density at radius 2 is 1.77 bits per heavy atom. The summed E-state index contributed by atoms with van der Waals surface area (Å²) < 4.78 is 29.2. The number of ether oxygens (including phenoxy) is 1. The molecule has 3 rings (SSSR count). The molecule has 30 heavy (non-hydrogen) atoms. The number of rotatable bonds is 8. The van der Waals surface area contributed by atoms with Crippen molar-refractivity contribution >= 4 is 11.8 Å². The maximum absolute atomic E-state index is 12.8. The van der Waals surface area contributed by atoms with Crippen molar-refractivity contribution < 1.29 is 23.1 Å². The Balaban J connectivity index is 1.72. The van der Waals surface area contributed by atoms with Gasteiger partial charge in [-0.3, -0.25) is 14.5 Å². The number of piperidine rings is 1. The van der Waals surface area contributed by atoms with Gasteiger partial charge in [-0.25, -0.2) is 0 Å². The van der Waals surface area contributed by atoms with Gasteiger partial charge in [0.1, 0.15) is 5.75 Å². The molecule has 0 spiro atoms. The molecule has 0 bridgehead atoms. The molecular formula is C22H25F2N3O3. The zero-order valence-electron chi connectivity index (χ0n) is 16.5. The quantitative estimate of drug-likeness (QED) is 0.692. The summed E-state index contributed by atoms with van der Waals surface area (Å²) in [4.78, 5) is 26.2. The molecule has 2 aromatic rings. The van der Waals surface area contributed by atoms with Crippen LogP contribution in [0.15, 0.2) is 54.6 Å². The maximum atomic E-state index is 12.8. The zero-order valence-corrected chi connectivity index (χ0v) is 16.5. The van der Waals surface area contributed by atoms with E-state index in [2.05, 4.69) is 10.1 Å². The highest BCUT2D eigenvalue weighted by atomic mass is 19.3. The number of alkyl halides is 2. The standard InChI is InChI=1S/C22H25F2N3O3/c23-22(24)30-18-10-8-16(9-11-18)20(15-5-2-1-3-6-15)26-19(28)14-27-12-4-7-17(13-27)21(25)29/h1-3,5-6,8-11,17,20,22H,4,7,12-14H2,(H2,25,29)(H,26,28)/t17-,20-/m0/s1. The third-order valence-electron chi connectivity index (χ3n) is 5.15. The van der Waals surface area contributed by atoms with Crippen LogP contribution in [0.25, 0.3) is 0 Å². The number of carbonyl (C=O) groups excluding carboxylic acids is 2. The topological polar surface area (TPSA) is 84.7 Å². The van der Waals surface area contributed by atoms with E-state index in [0.29, 0.717) is 6.54 Å². The minimum absolute atomic E-state index is 0.0534. The number of likely N-dealkylation sites (tertiary alicyclic amines) is 1. The number of hydrogen-bond donors (Lipinski definition) is 2. The van der Waals surface area contributed by atoms with Crippen molar-refractivity contribution in [3.05, 3.63) is 65.7 Å². The van der Waals surface area contributed by atoms with Crippen LogP contribution in [0.5, 0.6) is 5.75 Å². The summed E-state index contributed by atoms with van der Waals surface area (Å²) in [6.45, 7) is -1.54. The number of amides is 2. The van der Waals surface area contributed by atoms with Gasteiger partial charge in [0.2, 0.25) is 11.8 Å². The number of primary amides is 1. The molecular weight excluding hydrogens is 392 g/mol. The second-order valence-corrected chi connectivity index (χ2v) is 7.34. The van der Waals surface area contributed by atoms with Crippen LogP contribution in [0.4, 0.5) is 8.78 Å². The Morgan fingerprint density at radius 1 is 1.10 bits per heavy atom. The molecule has 1 heterocycles. The highest BCUT2D eigenvalue weighted by Crippen LogP contribution is 2.25. The molecule has 0 aromatic heterocycles. The summed E-state index contributed by atoms with van der Waals surface area (Å²) in [5.74, 6) is -0.716. The van der Waals surface area contributed by atoms with Crippen molar-refractivity contribution in [3.63, 3.8) is 0 Å². The van der Waals surface area contributed by atoms with E-state index in [-0.39, 0.29) is 30.0 Å². The van der Waals surface area contributed by atoms with Crippen LogP contribution in [0.1, 0.15) is 30.0 Å². The predicted octanol–water partition coefficient (Wildman–Crippen LogP) is 2.69. The van der Waals surface area contributed by atoms with Gasteiger partial charge in [-0.15, -0.1) is 0 Å². The number of hydrogen-bond acceptors (Lipinski definition) is 4. The molecule has 2 atom stereocenters. The molecule has 0 saturated carbocycles. The molecule has 6 nitrogen and oxygen atoms in total. The molecule has 3 N–H and O–H groups in total. The van der Waals surface area contributed by atoms with Crippen LogP contribution in [0, 0.1) is 5.92 Å². The number of nitrogens with zero attached hydrogens (tertiary/aromatic N) is 1. The molecule has 160 valence electrons. The normalized spacial score (nSPS) is 18.0. The Bertz CT molecular complexity index is 846. The van der Waals surface area contributed by atoms with Crippen LogP contribution in [0.2, 0.25) is 0 Å². The van der Waals surface area contributed by atoms with Crippen molar-refractivity contribution in [1.82, 2.24) is 10.2 Å². The van der Waals surface area contributed by atoms with Crippen molar-refractivity contribution in [1.29, 1.82) is 0 Å². The molecule has 0 radical (unpaired) electrons. The summed E-state index contributed by atoms with van der Waals surface area (Å²) in [7, 11) is 0. The van der Waals surface area contributed by atoms with Gasteiger partial charge in [0.15, 0.2) is 0 Å². The Labute approximate surface area is 174 Å². The van der Waals surface area contributed by atoms with Gasteiger partial charge in [-0.2, -0.15) is 8.78 Å². The molecule has 2 aromatic carbocycles. The lowest BCUT2D eigenvalue weighted by Gasteiger charge is -2.31. The number of nitrogens with two attached hydrogens (primary N) is 1. The summed E-state index contributed by atoms with van der Waals surface area (Å²) in [6, 6.07) is 15.1. The smallest absolute Gasteiger partial charge is 0.387 e. The summed E-state index contributed by atoms with van der Waals surface area (Å²) in [5, 5.41) is 3.02. The first-order valence-electron chi connectivity index (χ1n) is 9.83. The number of halogens is 2. The van der Waals surface area contributed by atoms with E-state index in [4.69, 9.17) is 5.73 Å². The largest absolute Gasteiger partial charge is 0.435 e. The van der Waals surface area contributed by atoms with Crippen molar-refractivity contribution in [2.45, 2.75) is 25.5 Å². The lowest BCUT2D eigenvalue weighted by Crippen LogP contribution is -2.46. The molecule has 1 aliphatic rings. The van der Waals surface area contributed by atoms with E-state index >= 15 is 0 Å². The minimum Gasteiger partial charge on any atom is -0.435 e. The molecule has 0 unspecified atom stereocenters. The average molecular weight is 417 g/mol. The fourth-order valence-electron chi connectivity index (χ4n) is 3.69. The maximum Gasteiger partial charge on any atom is 0.387 e. The summed E-state index contributed by atoms with van der Waals surface area (Å²) in [5.41, 5.74) is 7.02. The average Bonchev–Trinajstić information content (AvgIpc) is 2.73. The molecule has 1 aliphatic heterocycles. The fraction of sp³-hybridized carbons (Fsp3) is 0.364. The monoisotopic (exact) mass is 417 g/mol. The molecule has 8 heteroatoms. The van der Waals surface area contributed by atoms with E-state index in [1.165, 1.54) is 12.1 Å². The second-order valence-electron chi connectivity index (χ2n) is 7.34. The van der Waals surface area contributed by atoms with E-state index in [1.807, 2.05) is 35.2 Å². The highest BCUT2D eigenvalue weighted by Gasteiger charge is 2.26. The Kier molecular flexibility index (Phi) is 7.35. The first-order chi connectivity index (χ1) is 14.4. The predicted molar refractivity (Wildman–Crippen MR) is 108 cm³/mol. The van der Waals surface area contributed by atoms with Crippen LogP contribution in [0.3, 0.4) is 0 Å². The van der Waals surface area contributed by atoms with Crippen LogP contribution in [-0.2, 0) is 9.59 Å². The van der Waals surface area contributed by atoms with Gasteiger partial charge in [0.05, 0.1) is 18.5 Å². The van der Waals surface area contributed by atoms with Crippen molar-refractivity contribution in [2.24, 2.45) is 11.7 Å². The van der Waals surface area contributed by atoms with Crippen LogP contribution >= 0.6 is 0 Å². The van der Waals surface area contributed by atoms with E-state index in [1.54, 1.807) is 12.1 Å². The number of benzene rings is 2. The molecule has 2 amide bonds. The molecule has 0 aliphatic carbocycles. The first-order valence-corrected chi connectivity index (χ1v) is 9.83. The van der Waals surface area contributed by atoms with E-state index in [9.17, 15) is 18.4 Å². The molecule has 1 saturated heterocycles. The SMILES string of the molecule is NC(=O)[C@H]1CCCN(CC(=O)N[C@@H](c2ccccc2)c2ccc(OC(F)F)cc2)C1. The lowest BCUT2D eigenvalue weighted by molar-refractivity contribution is -0.127. The third-order valence-corrected chi connectivity index (χ3v) is 5.15. The van der Waals surface area contributed by atoms with Crippen molar-refractivity contribution in [3.8, 4) is 5.75 Å². The van der Waals surface area contributed by atoms with E-state index < -0.39 is 12.7 Å². The van der Waals surface area contributed by atoms with Gasteiger partial charge in [-0.1, -0.05) is 42.5 Å². The van der Waals surface area contributed by atoms with Gasteiger partial charge < -0.3 is 15.8 Å². The fourth-order valence-corrected chi connectivity index (χ4v) is 3.69. The van der Waals surface area contributed by atoms with E-state index in [0.717, 1.165) is 30.5 Å². The molecule has 1 fully saturated rings. The number of nitrogens with one attached hydrogen (secondary N) is 1. The number of carbonyl (C=O) groups is 2. The Hall–Kier alpha value is -3.00. The van der Waals surface area contributed by atoms with Gasteiger partial charge in [0, 0.05) is 6.54 Å². The second kappa shape index (κ2) is 10.2. The third kappa shape index (κ3) is 6.00. The van der Waals surface area contributed by atoms with Gasteiger partial charge >= 0.3 is 6.61 Å². The summed E-state index contributed by atoms with van der Waals surface area (Å²) in [6.07, 6.45) is 1.56. The highest BCUT2D eigenvalue weighted by molar-refractivity contribution is 5.80. The van der Waals surface area contributed by atoms with Crippen LogP contribution < -0.4 is 15.8 Å². The zero-order chi connectivity index (χ0) is 21.5. The van der Waals surface area contributed by atoms with Crippen molar-refractivity contribution in [2.75, 3.05) is 19.6 Å². The van der Waals surface area contributed by atoms with Gasteiger partial charge in [-0.05, 0) is 42.6 Å². The first kappa shape index (κ1) is 21.7. The minimum atomic E-state index is -2.89. The van der Waals surface area contributed by atoms with Crippen LogP contribution in [-0.4, -0.2) is 43.0 Å². The lowest BCUT2D eigenvalue weighted by atomic mass is 9.97. The Morgan fingerprint density at radius 3 is 2.40 bits per heavy atom. The van der Waals surface area contributed by atoms with Gasteiger partial charge in [0.25, 0.3) is 0 Å².